The zero-order valence-corrected chi connectivity index (χ0v) is 11.9. The molecule has 0 aromatic carbocycles. The first-order valence-corrected chi connectivity index (χ1v) is 6.76. The predicted molar refractivity (Wildman–Crippen MR) is 73.2 cm³/mol. The van der Waals surface area contributed by atoms with Crippen molar-refractivity contribution in [2.24, 2.45) is 11.5 Å². The van der Waals surface area contributed by atoms with E-state index >= 15 is 0 Å². The van der Waals surface area contributed by atoms with Crippen molar-refractivity contribution in [3.05, 3.63) is 0 Å². The molecule has 3 amide bonds. The van der Waals surface area contributed by atoms with Crippen molar-refractivity contribution in [3.8, 4) is 0 Å². The van der Waals surface area contributed by atoms with Crippen molar-refractivity contribution in [1.29, 1.82) is 0 Å². The van der Waals surface area contributed by atoms with Gasteiger partial charge >= 0.3 is 5.97 Å². The maximum Gasteiger partial charge on any atom is 0.326 e. The van der Waals surface area contributed by atoms with Crippen molar-refractivity contribution in [1.82, 2.24) is 10.2 Å². The number of nitrogens with zero attached hydrogens (tertiary/aromatic N) is 1. The second kappa shape index (κ2) is 7.71. The molecular formula is C12H20N4O6. The van der Waals surface area contributed by atoms with Crippen LogP contribution in [0.2, 0.25) is 0 Å². The Bertz CT molecular complexity index is 469. The Morgan fingerprint density at radius 1 is 1.32 bits per heavy atom. The molecule has 1 saturated heterocycles. The molecule has 1 rings (SSSR count). The summed E-state index contributed by atoms with van der Waals surface area (Å²) in [7, 11) is 0. The summed E-state index contributed by atoms with van der Waals surface area (Å²) < 4.78 is 0. The fraction of sp³-hybridized carbons (Fsp3) is 0.667. The molecule has 0 radical (unpaired) electrons. The van der Waals surface area contributed by atoms with E-state index in [2.05, 4.69) is 5.32 Å². The van der Waals surface area contributed by atoms with Crippen LogP contribution < -0.4 is 16.8 Å². The summed E-state index contributed by atoms with van der Waals surface area (Å²) in [6.07, 6.45) is 0.353. The summed E-state index contributed by atoms with van der Waals surface area (Å²) in [5, 5.41) is 20.1. The van der Waals surface area contributed by atoms with Crippen LogP contribution in [0.1, 0.15) is 19.3 Å². The highest BCUT2D eigenvalue weighted by molar-refractivity contribution is 5.93. The van der Waals surface area contributed by atoms with Crippen LogP contribution in [0.25, 0.3) is 0 Å². The number of carbonyl (C=O) groups excluding carboxylic acids is 3. The average Bonchev–Trinajstić information content (AvgIpc) is 2.93. The smallest absolute Gasteiger partial charge is 0.326 e. The zero-order valence-electron chi connectivity index (χ0n) is 11.9. The third kappa shape index (κ3) is 4.40. The number of aliphatic hydroxyl groups is 1. The van der Waals surface area contributed by atoms with E-state index in [1.807, 2.05) is 0 Å². The Morgan fingerprint density at radius 3 is 2.45 bits per heavy atom. The first kappa shape index (κ1) is 17.9. The first-order chi connectivity index (χ1) is 10.3. The van der Waals surface area contributed by atoms with Gasteiger partial charge in [-0.25, -0.2) is 4.79 Å². The van der Waals surface area contributed by atoms with Gasteiger partial charge in [0.2, 0.25) is 17.7 Å². The molecule has 7 N–H and O–H groups in total. The van der Waals surface area contributed by atoms with Gasteiger partial charge in [-0.3, -0.25) is 14.4 Å². The minimum absolute atomic E-state index is 0.290. The Morgan fingerprint density at radius 2 is 1.95 bits per heavy atom. The molecule has 0 aliphatic carbocycles. The van der Waals surface area contributed by atoms with Crippen molar-refractivity contribution < 1.29 is 29.4 Å². The minimum atomic E-state index is -1.45. The van der Waals surface area contributed by atoms with E-state index < -0.39 is 54.8 Å². The predicted octanol–water partition coefficient (Wildman–Crippen LogP) is -3.26. The summed E-state index contributed by atoms with van der Waals surface area (Å²) in [5.41, 5.74) is 10.4. The molecular weight excluding hydrogens is 296 g/mol. The third-order valence-electron chi connectivity index (χ3n) is 3.37. The highest BCUT2D eigenvalue weighted by Crippen LogP contribution is 2.18. The normalized spacial score (nSPS) is 20.3. The molecule has 1 heterocycles. The van der Waals surface area contributed by atoms with E-state index in [0.29, 0.717) is 12.8 Å². The molecule has 3 unspecified atom stereocenters. The van der Waals surface area contributed by atoms with E-state index in [4.69, 9.17) is 21.7 Å². The fourth-order valence-corrected chi connectivity index (χ4v) is 2.26. The van der Waals surface area contributed by atoms with Crippen LogP contribution in [0.15, 0.2) is 0 Å². The van der Waals surface area contributed by atoms with Crippen LogP contribution >= 0.6 is 0 Å². The van der Waals surface area contributed by atoms with Crippen molar-refractivity contribution in [2.45, 2.75) is 37.4 Å². The number of hydrogen-bond acceptors (Lipinski definition) is 6. The number of aliphatic hydroxyl groups excluding tert-OH is 1. The lowest BCUT2D eigenvalue weighted by atomic mass is 10.1. The van der Waals surface area contributed by atoms with Gasteiger partial charge in [0.1, 0.15) is 18.1 Å². The summed E-state index contributed by atoms with van der Waals surface area (Å²) in [4.78, 5) is 47.1. The van der Waals surface area contributed by atoms with Crippen LogP contribution in [0.4, 0.5) is 0 Å². The van der Waals surface area contributed by atoms with E-state index in [9.17, 15) is 19.2 Å². The largest absolute Gasteiger partial charge is 0.480 e. The van der Waals surface area contributed by atoms with Gasteiger partial charge in [-0.2, -0.15) is 0 Å². The van der Waals surface area contributed by atoms with Gasteiger partial charge < -0.3 is 31.9 Å². The number of aliphatic carboxylic acids is 1. The molecule has 0 saturated carbocycles. The Labute approximate surface area is 126 Å². The molecule has 22 heavy (non-hydrogen) atoms. The van der Waals surface area contributed by atoms with Crippen LogP contribution in [0, 0.1) is 0 Å². The molecule has 3 atom stereocenters. The van der Waals surface area contributed by atoms with Crippen molar-refractivity contribution >= 4 is 23.7 Å². The highest BCUT2D eigenvalue weighted by atomic mass is 16.4. The lowest BCUT2D eigenvalue weighted by Crippen LogP contribution is -2.55. The fourth-order valence-electron chi connectivity index (χ4n) is 2.26. The Balaban J connectivity index is 2.76. The number of hydrogen-bond donors (Lipinski definition) is 5. The molecule has 124 valence electrons. The number of likely N-dealkylation sites (tertiary alicyclic amines) is 1. The van der Waals surface area contributed by atoms with Crippen molar-refractivity contribution in [3.63, 3.8) is 0 Å². The maximum atomic E-state index is 12.1. The van der Waals surface area contributed by atoms with Gasteiger partial charge in [-0.1, -0.05) is 0 Å². The molecule has 10 nitrogen and oxygen atoms in total. The second-order valence-corrected chi connectivity index (χ2v) is 5.05. The summed E-state index contributed by atoms with van der Waals surface area (Å²) in [5.74, 6) is -3.53. The van der Waals surface area contributed by atoms with Gasteiger partial charge in [0.25, 0.3) is 0 Å². The quantitative estimate of drug-likeness (QED) is 0.327. The number of carboxylic acids is 1. The lowest BCUT2D eigenvalue weighted by Gasteiger charge is -2.27. The summed E-state index contributed by atoms with van der Waals surface area (Å²) >= 11 is 0. The molecule has 10 heteroatoms. The number of amides is 3. The van der Waals surface area contributed by atoms with Crippen molar-refractivity contribution in [2.75, 3.05) is 13.2 Å². The maximum absolute atomic E-state index is 12.1. The molecule has 1 aliphatic heterocycles. The molecule has 1 fully saturated rings. The van der Waals surface area contributed by atoms with Gasteiger partial charge in [0.05, 0.1) is 13.0 Å². The molecule has 0 aromatic rings. The number of primary amides is 1. The van der Waals surface area contributed by atoms with Gasteiger partial charge in [-0.05, 0) is 12.8 Å². The minimum Gasteiger partial charge on any atom is -0.480 e. The number of carbonyl (C=O) groups is 4. The van der Waals surface area contributed by atoms with Gasteiger partial charge in [0, 0.05) is 6.54 Å². The van der Waals surface area contributed by atoms with Crippen LogP contribution in [-0.4, -0.2) is 70.1 Å². The highest BCUT2D eigenvalue weighted by Gasteiger charge is 2.37. The van der Waals surface area contributed by atoms with Gasteiger partial charge in [0.15, 0.2) is 0 Å². The van der Waals surface area contributed by atoms with Crippen LogP contribution in [0.3, 0.4) is 0 Å². The number of nitrogens with two attached hydrogens (primary N) is 2. The van der Waals surface area contributed by atoms with Gasteiger partial charge in [-0.15, -0.1) is 0 Å². The van der Waals surface area contributed by atoms with E-state index in [-0.39, 0.29) is 6.54 Å². The summed E-state index contributed by atoms with van der Waals surface area (Å²) in [6.45, 7) is -0.263. The first-order valence-electron chi connectivity index (χ1n) is 6.76. The third-order valence-corrected chi connectivity index (χ3v) is 3.37. The second-order valence-electron chi connectivity index (χ2n) is 5.05. The van der Waals surface area contributed by atoms with E-state index in [1.54, 1.807) is 0 Å². The van der Waals surface area contributed by atoms with Crippen LogP contribution in [-0.2, 0) is 19.2 Å². The number of rotatable bonds is 7. The molecule has 0 aromatic heterocycles. The lowest BCUT2D eigenvalue weighted by molar-refractivity contribution is -0.145. The van der Waals surface area contributed by atoms with E-state index in [0.717, 1.165) is 0 Å². The molecule has 0 bridgehead atoms. The standard InChI is InChI=1S/C12H20N4O6/c13-6(5-17)11(20)16-3-1-2-8(16)10(19)15-7(12(21)22)4-9(14)18/h6-8,17H,1-5,13H2,(H2,14,18)(H,15,19)(H,21,22). The number of carboxylic acid groups (broad SMARTS) is 1. The topological polar surface area (TPSA) is 176 Å². The zero-order chi connectivity index (χ0) is 16.9. The van der Waals surface area contributed by atoms with Crippen LogP contribution in [0.5, 0.6) is 0 Å². The molecule has 1 aliphatic rings. The average molecular weight is 316 g/mol. The number of nitrogens with one attached hydrogen (secondary N) is 1. The monoisotopic (exact) mass is 316 g/mol. The SMILES string of the molecule is NC(=O)CC(NC(=O)C1CCCN1C(=O)C(N)CO)C(=O)O. The Hall–Kier alpha value is -2.20. The Kier molecular flexibility index (Phi) is 6.25. The van der Waals surface area contributed by atoms with E-state index in [1.165, 1.54) is 4.90 Å². The molecule has 0 spiro atoms. The summed E-state index contributed by atoms with van der Waals surface area (Å²) in [6, 6.07) is -3.46.